The third kappa shape index (κ3) is 8.95. The summed E-state index contributed by atoms with van der Waals surface area (Å²) >= 11 is 2.08. The molecule has 0 radical (unpaired) electrons. The molecule has 1 heteroatoms. The molecule has 0 saturated heterocycles. The van der Waals surface area contributed by atoms with Crippen LogP contribution in [0.2, 0.25) is 0 Å². The van der Waals surface area contributed by atoms with E-state index in [-0.39, 0.29) is 0 Å². The van der Waals surface area contributed by atoms with E-state index >= 15 is 0 Å². The van der Waals surface area contributed by atoms with Crippen molar-refractivity contribution in [1.29, 1.82) is 0 Å². The zero-order chi connectivity index (χ0) is 19.1. The predicted molar refractivity (Wildman–Crippen MR) is 107 cm³/mol. The molecule has 0 aliphatic carbocycles. The van der Waals surface area contributed by atoms with Crippen molar-refractivity contribution in [1.82, 2.24) is 0 Å². The van der Waals surface area contributed by atoms with Crippen LogP contribution >= 0.6 is 0 Å². The Bertz CT molecular complexity index is 555. The fourth-order valence-electron chi connectivity index (χ4n) is 2.70. The third-order valence-electron chi connectivity index (χ3n) is 3.68. The van der Waals surface area contributed by atoms with Crippen molar-refractivity contribution in [2.75, 3.05) is 0 Å². The van der Waals surface area contributed by atoms with E-state index in [1.165, 1.54) is 26.1 Å². The quantitative estimate of drug-likeness (QED) is 0.359. The monoisotopic (exact) mass is 360 g/mol. The summed E-state index contributed by atoms with van der Waals surface area (Å²) < 4.78 is 1.42. The van der Waals surface area contributed by atoms with Crippen molar-refractivity contribution in [3.63, 3.8) is 0 Å². The van der Waals surface area contributed by atoms with Crippen molar-refractivity contribution in [2.24, 2.45) is 0 Å². The molecule has 2 aromatic rings. The van der Waals surface area contributed by atoms with Crippen LogP contribution in [0.3, 0.4) is 0 Å². The molecule has 132 valence electrons. The molecule has 0 saturated carbocycles. The topological polar surface area (TPSA) is 0 Å². The predicted octanol–water partition coefficient (Wildman–Crippen LogP) is 6.77. The average Bonchev–Trinajstić information content (AvgIpc) is 2.95. The summed E-state index contributed by atoms with van der Waals surface area (Å²) in [4.78, 5) is 0. The molecule has 0 fully saturated rings. The second-order valence-corrected chi connectivity index (χ2v) is 10.3. The van der Waals surface area contributed by atoms with Gasteiger partial charge in [0, 0.05) is 0 Å². The Morgan fingerprint density at radius 3 is 1.04 bits per heavy atom. The van der Waals surface area contributed by atoms with Crippen molar-refractivity contribution < 1.29 is 20.0 Å². The van der Waals surface area contributed by atoms with Gasteiger partial charge in [0.2, 0.25) is 0 Å². The van der Waals surface area contributed by atoms with Gasteiger partial charge in [0.15, 0.2) is 0 Å². The van der Waals surface area contributed by atoms with E-state index in [9.17, 15) is 0 Å². The maximum Gasteiger partial charge on any atom is -0.0676 e. The summed E-state index contributed by atoms with van der Waals surface area (Å²) in [5.41, 5.74) is 6.38. The van der Waals surface area contributed by atoms with Gasteiger partial charge >= 0.3 is 37.6 Å². The van der Waals surface area contributed by atoms with Gasteiger partial charge in [0.05, 0.1) is 0 Å². The van der Waals surface area contributed by atoms with Gasteiger partial charge in [-0.05, 0) is 0 Å². The number of aryl methyl sites for hydroxylation is 2. The van der Waals surface area contributed by atoms with Crippen molar-refractivity contribution in [2.45, 2.75) is 80.1 Å². The largest absolute Gasteiger partial charge is 0.198 e. The van der Waals surface area contributed by atoms with Gasteiger partial charge in [-0.1, -0.05) is 66.2 Å². The van der Waals surface area contributed by atoms with Crippen LogP contribution in [0.25, 0.3) is 0 Å². The Kier molecular flexibility index (Phi) is 9.40. The summed E-state index contributed by atoms with van der Waals surface area (Å²) in [5, 5.41) is 0. The summed E-state index contributed by atoms with van der Waals surface area (Å²) in [6.45, 7) is 22.0. The van der Waals surface area contributed by atoms with Crippen molar-refractivity contribution in [3.8, 4) is 0 Å². The van der Waals surface area contributed by atoms with Crippen molar-refractivity contribution >= 4 is 3.81 Å². The van der Waals surface area contributed by atoms with E-state index < -0.39 is 0 Å². The Balaban J connectivity index is 0.000000363. The molecular formula is C23H36Ti. The molecule has 0 aromatic heterocycles. The van der Waals surface area contributed by atoms with Gasteiger partial charge in [-0.2, -0.15) is 58.7 Å². The SMILES string of the molecule is C[C](C)=[Ti+2].Cc1c[cH-]cc1C(C)(C)C.Cc1c[cH-]cc1C(C)(C)C. The van der Waals surface area contributed by atoms with E-state index in [1.54, 1.807) is 0 Å². The Labute approximate surface area is 162 Å². The van der Waals surface area contributed by atoms with E-state index in [0.717, 1.165) is 0 Å². The molecule has 2 rings (SSSR count). The second kappa shape index (κ2) is 9.69. The van der Waals surface area contributed by atoms with Crippen LogP contribution in [-0.2, 0) is 30.8 Å². The first-order chi connectivity index (χ1) is 10.8. The van der Waals surface area contributed by atoms with Crippen LogP contribution in [0.4, 0.5) is 0 Å². The van der Waals surface area contributed by atoms with Gasteiger partial charge in [0.25, 0.3) is 0 Å². The molecule has 0 spiro atoms. The summed E-state index contributed by atoms with van der Waals surface area (Å²) in [6, 6.07) is 13.0. The number of hydrogen-bond acceptors (Lipinski definition) is 0. The van der Waals surface area contributed by atoms with E-state index in [0.29, 0.717) is 10.8 Å². The number of hydrogen-bond donors (Lipinski definition) is 0. The zero-order valence-corrected chi connectivity index (χ0v) is 19.0. The molecule has 0 heterocycles. The molecule has 0 unspecified atom stereocenters. The molecule has 0 aliphatic rings. The van der Waals surface area contributed by atoms with E-state index in [4.69, 9.17) is 0 Å². The van der Waals surface area contributed by atoms with Crippen molar-refractivity contribution in [3.05, 3.63) is 58.7 Å². The Morgan fingerprint density at radius 2 is 0.958 bits per heavy atom. The van der Waals surface area contributed by atoms with Crippen LogP contribution in [-0.4, -0.2) is 3.81 Å². The first kappa shape index (κ1) is 23.3. The minimum atomic E-state index is 0.313. The molecule has 0 nitrogen and oxygen atoms in total. The maximum atomic E-state index is 2.25. The van der Waals surface area contributed by atoms with Crippen LogP contribution in [0.1, 0.15) is 77.6 Å². The Hall–Kier alpha value is -0.716. The maximum absolute atomic E-state index is 2.25. The van der Waals surface area contributed by atoms with Crippen LogP contribution in [0, 0.1) is 13.8 Å². The van der Waals surface area contributed by atoms with Gasteiger partial charge < -0.3 is 0 Å². The molecule has 0 aliphatic heterocycles. The summed E-state index contributed by atoms with van der Waals surface area (Å²) in [7, 11) is 0. The van der Waals surface area contributed by atoms with E-state index in [1.807, 2.05) is 0 Å². The molecular weight excluding hydrogens is 324 g/mol. The van der Waals surface area contributed by atoms with Gasteiger partial charge in [0.1, 0.15) is 0 Å². The standard InChI is InChI=1S/2C10H15.C3H6.Ti/c2*1-8-6-5-7-9(8)10(2,3)4;1-3-2;/h2*5-7H,1-4H3;1-2H3;/q2*-1;;+2. The zero-order valence-electron chi connectivity index (χ0n) is 17.5. The molecule has 0 bridgehead atoms. The normalized spacial score (nSPS) is 11.2. The average molecular weight is 360 g/mol. The summed E-state index contributed by atoms with van der Waals surface area (Å²) in [5.74, 6) is 0. The third-order valence-corrected chi connectivity index (χ3v) is 3.68. The van der Waals surface area contributed by atoms with Gasteiger partial charge in [-0.3, -0.25) is 0 Å². The van der Waals surface area contributed by atoms with Gasteiger partial charge in [-0.25, -0.2) is 0 Å². The first-order valence-electron chi connectivity index (χ1n) is 8.74. The minimum Gasteiger partial charge on any atom is -0.198 e. The minimum absolute atomic E-state index is 0.313. The molecule has 0 atom stereocenters. The smallest absolute Gasteiger partial charge is 0.0676 e. The molecule has 0 N–H and O–H groups in total. The van der Waals surface area contributed by atoms with Crippen LogP contribution < -0.4 is 0 Å². The molecule has 0 amide bonds. The molecule has 2 aromatic carbocycles. The van der Waals surface area contributed by atoms with E-state index in [2.05, 4.69) is 126 Å². The Morgan fingerprint density at radius 1 is 0.708 bits per heavy atom. The van der Waals surface area contributed by atoms with Gasteiger partial charge in [-0.15, -0.1) is 0 Å². The summed E-state index contributed by atoms with van der Waals surface area (Å²) in [6.07, 6.45) is 0. The molecule has 24 heavy (non-hydrogen) atoms. The number of rotatable bonds is 0. The first-order valence-corrected chi connectivity index (χ1v) is 9.52. The second-order valence-electron chi connectivity index (χ2n) is 8.74. The fourth-order valence-corrected chi connectivity index (χ4v) is 2.70. The van der Waals surface area contributed by atoms with Crippen LogP contribution in [0.5, 0.6) is 0 Å². The van der Waals surface area contributed by atoms with Crippen LogP contribution in [0.15, 0.2) is 36.4 Å². The fraction of sp³-hybridized carbons (Fsp3) is 0.522.